The first-order chi connectivity index (χ1) is 15.9. The van der Waals surface area contributed by atoms with Gasteiger partial charge in [-0.15, -0.1) is 10.2 Å². The molecule has 1 aliphatic rings. The molecule has 12 heteroatoms. The van der Waals surface area contributed by atoms with Gasteiger partial charge in [-0.25, -0.2) is 4.98 Å². The Labute approximate surface area is 198 Å². The largest absolute Gasteiger partial charge is 0.353 e. The molecular weight excluding hydrogens is 469 g/mol. The van der Waals surface area contributed by atoms with Crippen molar-refractivity contribution in [3.8, 4) is 0 Å². The predicted molar refractivity (Wildman–Crippen MR) is 124 cm³/mol. The van der Waals surface area contributed by atoms with Crippen molar-refractivity contribution in [2.45, 2.75) is 0 Å². The minimum atomic E-state index is -0.563. The van der Waals surface area contributed by atoms with Gasteiger partial charge in [-0.1, -0.05) is 23.2 Å². The number of carbonyl (C=O) groups excluding carboxylic acids is 3. The van der Waals surface area contributed by atoms with Crippen LogP contribution in [0.2, 0.25) is 10.0 Å². The Morgan fingerprint density at radius 1 is 0.970 bits per heavy atom. The van der Waals surface area contributed by atoms with Crippen molar-refractivity contribution < 1.29 is 14.4 Å². The highest BCUT2D eigenvalue weighted by Gasteiger charge is 2.20. The number of hydrogen-bond donors (Lipinski definition) is 3. The molecule has 1 fully saturated rings. The maximum atomic E-state index is 12.8. The molecule has 0 atom stereocenters. The van der Waals surface area contributed by atoms with Crippen molar-refractivity contribution >= 4 is 58.2 Å². The van der Waals surface area contributed by atoms with E-state index in [4.69, 9.17) is 23.2 Å². The first-order valence-corrected chi connectivity index (χ1v) is 10.5. The van der Waals surface area contributed by atoms with Gasteiger partial charge in [-0.3, -0.25) is 14.4 Å². The number of nitrogens with one attached hydrogen (secondary N) is 3. The highest BCUT2D eigenvalue weighted by molar-refractivity contribution is 6.31. The maximum Gasteiger partial charge on any atom is 0.276 e. The molecule has 33 heavy (non-hydrogen) atoms. The third kappa shape index (κ3) is 5.54. The SMILES string of the molecule is O=C1CN(c2ccc(C(=O)Nc3ccc(Cl)cc3C(=O)Nc3ccc(Cl)cn3)nn2)CCN1. The fourth-order valence-electron chi connectivity index (χ4n) is 3.08. The van der Waals surface area contributed by atoms with E-state index in [9.17, 15) is 14.4 Å². The van der Waals surface area contributed by atoms with E-state index >= 15 is 0 Å². The van der Waals surface area contributed by atoms with E-state index in [2.05, 4.69) is 31.1 Å². The Hall–Kier alpha value is -3.76. The lowest BCUT2D eigenvalue weighted by atomic mass is 10.1. The van der Waals surface area contributed by atoms with Crippen molar-refractivity contribution in [1.82, 2.24) is 20.5 Å². The van der Waals surface area contributed by atoms with Gasteiger partial charge in [-0.05, 0) is 42.5 Å². The molecule has 1 aliphatic heterocycles. The maximum absolute atomic E-state index is 12.8. The summed E-state index contributed by atoms with van der Waals surface area (Å²) in [6, 6.07) is 10.7. The van der Waals surface area contributed by atoms with Crippen LogP contribution in [0.1, 0.15) is 20.8 Å². The third-order valence-corrected chi connectivity index (χ3v) is 5.15. The molecule has 0 saturated carbocycles. The topological polar surface area (TPSA) is 129 Å². The number of rotatable bonds is 5. The van der Waals surface area contributed by atoms with Crippen LogP contribution in [0.4, 0.5) is 17.3 Å². The molecular formula is C21H17Cl2N7O3. The molecule has 3 aromatic rings. The Morgan fingerprint density at radius 2 is 1.79 bits per heavy atom. The highest BCUT2D eigenvalue weighted by atomic mass is 35.5. The predicted octanol–water partition coefficient (Wildman–Crippen LogP) is 2.62. The van der Waals surface area contributed by atoms with E-state index in [0.29, 0.717) is 29.0 Å². The van der Waals surface area contributed by atoms with Crippen LogP contribution >= 0.6 is 23.2 Å². The zero-order valence-corrected chi connectivity index (χ0v) is 18.5. The molecule has 2 aromatic heterocycles. The van der Waals surface area contributed by atoms with E-state index in [1.165, 1.54) is 24.4 Å². The summed E-state index contributed by atoms with van der Waals surface area (Å²) in [7, 11) is 0. The number of hydrogen-bond acceptors (Lipinski definition) is 7. The summed E-state index contributed by atoms with van der Waals surface area (Å²) < 4.78 is 0. The quantitative estimate of drug-likeness (QED) is 0.506. The molecule has 0 unspecified atom stereocenters. The van der Waals surface area contributed by atoms with E-state index in [1.54, 1.807) is 29.2 Å². The number of pyridine rings is 1. The van der Waals surface area contributed by atoms with Gasteiger partial charge < -0.3 is 20.9 Å². The van der Waals surface area contributed by atoms with E-state index in [0.717, 1.165) is 0 Å². The average Bonchev–Trinajstić information content (AvgIpc) is 2.81. The van der Waals surface area contributed by atoms with E-state index in [-0.39, 0.29) is 35.2 Å². The first kappa shape index (κ1) is 22.4. The molecule has 0 aliphatic carbocycles. The van der Waals surface area contributed by atoms with Crippen LogP contribution in [-0.4, -0.2) is 52.5 Å². The van der Waals surface area contributed by atoms with Gasteiger partial charge >= 0.3 is 0 Å². The minimum Gasteiger partial charge on any atom is -0.353 e. The van der Waals surface area contributed by atoms with Gasteiger partial charge in [0.1, 0.15) is 5.82 Å². The Morgan fingerprint density at radius 3 is 2.48 bits per heavy atom. The zero-order valence-electron chi connectivity index (χ0n) is 17.0. The van der Waals surface area contributed by atoms with Crippen LogP contribution in [0.3, 0.4) is 0 Å². The van der Waals surface area contributed by atoms with Gasteiger partial charge in [0.25, 0.3) is 11.8 Å². The number of benzene rings is 1. The van der Waals surface area contributed by atoms with Crippen LogP contribution < -0.4 is 20.9 Å². The molecule has 0 bridgehead atoms. The second kappa shape index (κ2) is 9.80. The lowest BCUT2D eigenvalue weighted by Crippen LogP contribution is -2.48. The standard InChI is InChI=1S/C21H17Cl2N7O3/c22-12-1-3-15(14(9-12)20(32)27-17-5-2-13(23)10-25-17)26-21(33)16-4-6-18(29-28-16)30-8-7-24-19(31)11-30/h1-6,9-10H,7-8,11H2,(H,24,31)(H,26,33)(H,25,27,32). The smallest absolute Gasteiger partial charge is 0.276 e. The second-order valence-corrected chi connectivity index (χ2v) is 7.88. The molecule has 168 valence electrons. The average molecular weight is 486 g/mol. The van der Waals surface area contributed by atoms with Crippen molar-refractivity contribution in [2.75, 3.05) is 35.2 Å². The summed E-state index contributed by atoms with van der Waals surface area (Å²) in [6.45, 7) is 1.28. The van der Waals surface area contributed by atoms with Crippen molar-refractivity contribution in [2.24, 2.45) is 0 Å². The Balaban J connectivity index is 1.49. The third-order valence-electron chi connectivity index (χ3n) is 4.69. The number of carbonyl (C=O) groups is 3. The Kier molecular flexibility index (Phi) is 6.66. The van der Waals surface area contributed by atoms with Crippen molar-refractivity contribution in [1.29, 1.82) is 0 Å². The molecule has 1 saturated heterocycles. The number of nitrogens with zero attached hydrogens (tertiary/aromatic N) is 4. The minimum absolute atomic E-state index is 0.0425. The fraction of sp³-hybridized carbons (Fsp3) is 0.143. The van der Waals surface area contributed by atoms with Crippen LogP contribution in [0.15, 0.2) is 48.7 Å². The molecule has 0 spiro atoms. The molecule has 10 nitrogen and oxygen atoms in total. The monoisotopic (exact) mass is 485 g/mol. The molecule has 3 heterocycles. The van der Waals surface area contributed by atoms with Gasteiger partial charge in [-0.2, -0.15) is 0 Å². The van der Waals surface area contributed by atoms with Crippen LogP contribution in [0.5, 0.6) is 0 Å². The van der Waals surface area contributed by atoms with Crippen molar-refractivity contribution in [3.05, 3.63) is 70.0 Å². The summed E-state index contributed by atoms with van der Waals surface area (Å²) in [6.07, 6.45) is 1.40. The number of halogens is 2. The van der Waals surface area contributed by atoms with Crippen LogP contribution in [0, 0.1) is 0 Å². The van der Waals surface area contributed by atoms with Crippen LogP contribution in [-0.2, 0) is 4.79 Å². The lowest BCUT2D eigenvalue weighted by Gasteiger charge is -2.27. The first-order valence-electron chi connectivity index (χ1n) is 9.78. The molecule has 3 amide bonds. The number of amides is 3. The Bertz CT molecular complexity index is 1200. The number of aromatic nitrogens is 3. The molecule has 0 radical (unpaired) electrons. The zero-order chi connectivity index (χ0) is 23.4. The van der Waals surface area contributed by atoms with Crippen LogP contribution in [0.25, 0.3) is 0 Å². The van der Waals surface area contributed by atoms with E-state index in [1.807, 2.05) is 0 Å². The molecule has 1 aromatic carbocycles. The summed E-state index contributed by atoms with van der Waals surface area (Å²) in [5.74, 6) is -0.413. The van der Waals surface area contributed by atoms with Gasteiger partial charge in [0, 0.05) is 24.3 Å². The lowest BCUT2D eigenvalue weighted by molar-refractivity contribution is -0.120. The summed E-state index contributed by atoms with van der Waals surface area (Å²) in [5.41, 5.74) is 0.409. The van der Waals surface area contributed by atoms with Crippen molar-refractivity contribution in [3.63, 3.8) is 0 Å². The van der Waals surface area contributed by atoms with Gasteiger partial charge in [0.15, 0.2) is 11.5 Å². The highest BCUT2D eigenvalue weighted by Crippen LogP contribution is 2.23. The summed E-state index contributed by atoms with van der Waals surface area (Å²) in [5, 5.41) is 16.8. The second-order valence-electron chi connectivity index (χ2n) is 7.01. The fourth-order valence-corrected chi connectivity index (χ4v) is 3.37. The number of anilines is 3. The van der Waals surface area contributed by atoms with E-state index < -0.39 is 11.8 Å². The van der Waals surface area contributed by atoms with Gasteiger partial charge in [0.2, 0.25) is 5.91 Å². The summed E-state index contributed by atoms with van der Waals surface area (Å²) >= 11 is 11.9. The van der Waals surface area contributed by atoms with Gasteiger partial charge in [0.05, 0.1) is 22.8 Å². The molecule has 3 N–H and O–H groups in total. The number of piperazine rings is 1. The summed E-state index contributed by atoms with van der Waals surface area (Å²) in [4.78, 5) is 42.8. The molecule has 4 rings (SSSR count). The normalized spacial score (nSPS) is 13.3.